The first-order chi connectivity index (χ1) is 8.74. The molecule has 3 rings (SSSR count). The Morgan fingerprint density at radius 1 is 1.39 bits per heavy atom. The molecule has 0 aliphatic heterocycles. The van der Waals surface area contributed by atoms with E-state index in [0.717, 1.165) is 17.5 Å². The second-order valence-corrected chi connectivity index (χ2v) is 5.23. The van der Waals surface area contributed by atoms with Gasteiger partial charge in [-0.05, 0) is 30.9 Å². The van der Waals surface area contributed by atoms with Crippen LogP contribution in [0.2, 0.25) is 0 Å². The van der Waals surface area contributed by atoms with Gasteiger partial charge >= 0.3 is 0 Å². The van der Waals surface area contributed by atoms with Crippen LogP contribution in [0.25, 0.3) is 11.1 Å². The van der Waals surface area contributed by atoms with Gasteiger partial charge in [-0.15, -0.1) is 0 Å². The van der Waals surface area contributed by atoms with E-state index < -0.39 is 0 Å². The van der Waals surface area contributed by atoms with Gasteiger partial charge in [0.25, 0.3) is 0 Å². The number of carbonyl (C=O) groups is 1. The fourth-order valence-electron chi connectivity index (χ4n) is 2.90. The highest BCUT2D eigenvalue weighted by Crippen LogP contribution is 2.32. The lowest BCUT2D eigenvalue weighted by atomic mass is 9.92. The molecule has 0 amide bonds. The summed E-state index contributed by atoms with van der Waals surface area (Å²) in [5.74, 6) is 1.56. The van der Waals surface area contributed by atoms with E-state index >= 15 is 0 Å². The van der Waals surface area contributed by atoms with Crippen LogP contribution in [0.3, 0.4) is 0 Å². The zero-order valence-corrected chi connectivity index (χ0v) is 10.6. The molecule has 1 saturated carbocycles. The predicted octanol–water partition coefficient (Wildman–Crippen LogP) is 3.38. The van der Waals surface area contributed by atoms with Gasteiger partial charge in [-0.2, -0.15) is 0 Å². The van der Waals surface area contributed by atoms with Crippen LogP contribution in [0.15, 0.2) is 28.7 Å². The Morgan fingerprint density at radius 2 is 2.22 bits per heavy atom. The van der Waals surface area contributed by atoms with E-state index in [1.165, 1.54) is 12.8 Å². The van der Waals surface area contributed by atoms with E-state index in [9.17, 15) is 4.79 Å². The first-order valence-electron chi connectivity index (χ1n) is 6.61. The summed E-state index contributed by atoms with van der Waals surface area (Å²) in [6.45, 7) is 2.17. The van der Waals surface area contributed by atoms with Crippen LogP contribution in [0.1, 0.15) is 32.1 Å². The minimum Gasteiger partial charge on any atom is -0.440 e. The number of aromatic nitrogens is 1. The average molecular weight is 243 g/mol. The molecule has 0 radical (unpaired) electrons. The summed E-state index contributed by atoms with van der Waals surface area (Å²) in [6.07, 6.45) is 3.71. The van der Waals surface area contributed by atoms with Crippen LogP contribution in [-0.2, 0) is 11.2 Å². The number of Topliss-reactive ketones (excluding diaryl/α,β-unsaturated/α-hetero) is 1. The molecule has 2 atom stereocenters. The third-order valence-corrected chi connectivity index (χ3v) is 3.94. The number of hydrogen-bond acceptors (Lipinski definition) is 3. The summed E-state index contributed by atoms with van der Waals surface area (Å²) < 4.78 is 5.60. The molecule has 1 aromatic carbocycles. The number of rotatable bonds is 3. The van der Waals surface area contributed by atoms with Crippen molar-refractivity contribution >= 4 is 16.9 Å². The van der Waals surface area contributed by atoms with Gasteiger partial charge in [0, 0.05) is 5.92 Å². The first kappa shape index (κ1) is 11.5. The molecule has 2 aromatic rings. The second-order valence-electron chi connectivity index (χ2n) is 5.23. The Labute approximate surface area is 106 Å². The van der Waals surface area contributed by atoms with Gasteiger partial charge in [-0.25, -0.2) is 4.98 Å². The van der Waals surface area contributed by atoms with Gasteiger partial charge in [0.1, 0.15) is 11.3 Å². The van der Waals surface area contributed by atoms with Crippen molar-refractivity contribution in [1.29, 1.82) is 0 Å². The topological polar surface area (TPSA) is 43.1 Å². The van der Waals surface area contributed by atoms with Crippen molar-refractivity contribution in [3.8, 4) is 0 Å². The molecule has 3 nitrogen and oxygen atoms in total. The molecule has 18 heavy (non-hydrogen) atoms. The van der Waals surface area contributed by atoms with E-state index in [-0.39, 0.29) is 11.7 Å². The van der Waals surface area contributed by atoms with E-state index in [2.05, 4.69) is 11.9 Å². The number of nitrogens with zero attached hydrogens (tertiary/aromatic N) is 1. The number of carbonyl (C=O) groups excluding carboxylic acids is 1. The molecule has 3 heteroatoms. The molecule has 1 heterocycles. The maximum atomic E-state index is 12.2. The molecule has 0 spiro atoms. The average Bonchev–Trinajstić information content (AvgIpc) is 2.94. The smallest absolute Gasteiger partial charge is 0.202 e. The number of benzene rings is 1. The summed E-state index contributed by atoms with van der Waals surface area (Å²) in [6, 6.07) is 7.63. The van der Waals surface area contributed by atoms with Crippen molar-refractivity contribution < 1.29 is 9.21 Å². The third kappa shape index (κ3) is 2.05. The van der Waals surface area contributed by atoms with Crippen LogP contribution < -0.4 is 0 Å². The SMILES string of the molecule is CC1CCCC1C(=O)Cc1nc2ccccc2o1. The van der Waals surface area contributed by atoms with Crippen LogP contribution in [0.4, 0.5) is 0 Å². The number of para-hydroxylation sites is 2. The number of fused-ring (bicyclic) bond motifs is 1. The van der Waals surface area contributed by atoms with Gasteiger partial charge in [0.05, 0.1) is 6.42 Å². The van der Waals surface area contributed by atoms with Crippen LogP contribution >= 0.6 is 0 Å². The van der Waals surface area contributed by atoms with E-state index in [1.807, 2.05) is 24.3 Å². The Morgan fingerprint density at radius 3 is 2.94 bits per heavy atom. The summed E-state index contributed by atoms with van der Waals surface area (Å²) in [7, 11) is 0. The van der Waals surface area contributed by atoms with Gasteiger partial charge in [-0.1, -0.05) is 25.5 Å². The molecule has 94 valence electrons. The minimum atomic E-state index is 0.208. The monoisotopic (exact) mass is 243 g/mol. The molecular formula is C15H17NO2. The molecule has 0 bridgehead atoms. The van der Waals surface area contributed by atoms with Gasteiger partial charge < -0.3 is 4.42 Å². The van der Waals surface area contributed by atoms with Crippen LogP contribution in [0, 0.1) is 11.8 Å². The summed E-state index contributed by atoms with van der Waals surface area (Å²) in [5.41, 5.74) is 1.60. The van der Waals surface area contributed by atoms with Crippen LogP contribution in [-0.4, -0.2) is 10.8 Å². The Kier molecular flexibility index (Phi) is 2.90. The molecule has 1 aromatic heterocycles. The highest BCUT2D eigenvalue weighted by atomic mass is 16.3. The summed E-state index contributed by atoms with van der Waals surface area (Å²) in [5, 5.41) is 0. The largest absolute Gasteiger partial charge is 0.440 e. The molecule has 2 unspecified atom stereocenters. The van der Waals surface area contributed by atoms with E-state index in [0.29, 0.717) is 18.2 Å². The fourth-order valence-corrected chi connectivity index (χ4v) is 2.90. The highest BCUT2D eigenvalue weighted by molar-refractivity contribution is 5.83. The van der Waals surface area contributed by atoms with E-state index in [4.69, 9.17) is 4.42 Å². The lowest BCUT2D eigenvalue weighted by Gasteiger charge is -2.12. The highest BCUT2D eigenvalue weighted by Gasteiger charge is 2.30. The van der Waals surface area contributed by atoms with Gasteiger partial charge in [0.15, 0.2) is 5.58 Å². The predicted molar refractivity (Wildman–Crippen MR) is 69.2 cm³/mol. The van der Waals surface area contributed by atoms with Crippen molar-refractivity contribution in [3.63, 3.8) is 0 Å². The van der Waals surface area contributed by atoms with Crippen molar-refractivity contribution in [2.24, 2.45) is 11.8 Å². The molecule has 1 aliphatic rings. The van der Waals surface area contributed by atoms with Crippen LogP contribution in [0.5, 0.6) is 0 Å². The van der Waals surface area contributed by atoms with Crippen molar-refractivity contribution in [2.45, 2.75) is 32.6 Å². The molecule has 1 fully saturated rings. The summed E-state index contributed by atoms with van der Waals surface area (Å²) in [4.78, 5) is 16.6. The normalized spacial score (nSPS) is 23.6. The van der Waals surface area contributed by atoms with Crippen molar-refractivity contribution in [2.75, 3.05) is 0 Å². The fraction of sp³-hybridized carbons (Fsp3) is 0.467. The zero-order chi connectivity index (χ0) is 12.5. The quantitative estimate of drug-likeness (QED) is 0.830. The minimum absolute atomic E-state index is 0.208. The first-order valence-corrected chi connectivity index (χ1v) is 6.61. The number of ketones is 1. The Bertz CT molecular complexity index is 540. The number of oxazole rings is 1. The standard InChI is InChI=1S/C15H17NO2/c1-10-5-4-6-11(10)13(17)9-15-16-12-7-2-3-8-14(12)18-15/h2-3,7-8,10-11H,4-6,9H2,1H3. The molecule has 0 N–H and O–H groups in total. The second kappa shape index (κ2) is 4.56. The molecule has 1 aliphatic carbocycles. The van der Waals surface area contributed by atoms with E-state index in [1.54, 1.807) is 0 Å². The lowest BCUT2D eigenvalue weighted by Crippen LogP contribution is -2.19. The maximum absolute atomic E-state index is 12.2. The number of hydrogen-bond donors (Lipinski definition) is 0. The zero-order valence-electron chi connectivity index (χ0n) is 10.6. The third-order valence-electron chi connectivity index (χ3n) is 3.94. The molecular weight excluding hydrogens is 226 g/mol. The Hall–Kier alpha value is -1.64. The summed E-state index contributed by atoms with van der Waals surface area (Å²) >= 11 is 0. The maximum Gasteiger partial charge on any atom is 0.202 e. The molecule has 0 saturated heterocycles. The van der Waals surface area contributed by atoms with Gasteiger partial charge in [-0.3, -0.25) is 4.79 Å². The van der Waals surface area contributed by atoms with Crippen molar-refractivity contribution in [3.05, 3.63) is 30.2 Å². The lowest BCUT2D eigenvalue weighted by molar-refractivity contribution is -0.123. The van der Waals surface area contributed by atoms with Gasteiger partial charge in [0.2, 0.25) is 5.89 Å². The Balaban J connectivity index is 1.77. The van der Waals surface area contributed by atoms with Crippen molar-refractivity contribution in [1.82, 2.24) is 4.98 Å².